The molecule has 0 heterocycles. The van der Waals surface area contributed by atoms with Crippen LogP contribution in [0.1, 0.15) is 40.9 Å². The number of para-hydroxylation sites is 4. The van der Waals surface area contributed by atoms with Crippen LogP contribution in [-0.4, -0.2) is 93.8 Å². The van der Waals surface area contributed by atoms with Gasteiger partial charge in [-0.15, -0.1) is 5.11 Å². The summed E-state index contributed by atoms with van der Waals surface area (Å²) in [5.41, 5.74) is 1.31. The van der Waals surface area contributed by atoms with Crippen molar-refractivity contribution in [2.45, 2.75) is 37.5 Å². The average molecular weight is 1120 g/mol. The van der Waals surface area contributed by atoms with Crippen LogP contribution < -0.4 is 25.0 Å². The Balaban J connectivity index is 0.000000241. The predicted molar refractivity (Wildman–Crippen MR) is 284 cm³/mol. The number of halogens is 2. The summed E-state index contributed by atoms with van der Waals surface area (Å²) in [6.07, 6.45) is 0. The topological polar surface area (TPSA) is 284 Å². The van der Waals surface area contributed by atoms with Crippen molar-refractivity contribution < 1.29 is 55.5 Å². The standard InChI is InChI=1S/2C26H22ClN3O6S.Ca/c2*1-3-36-21-11-7-6-10-20(21)28-26(32)18-14-16-8-4-5-9-17(16)24(25(18)31)30-29-19-12-13-22(37(33,34)35)23(27)15(19)2;/h2*4-14,31H,3H2,1-2H3,(H,28,32)(H,33,34,35);/q;;+2/p-2. The predicted octanol–water partition coefficient (Wildman–Crippen LogP) is 11.8. The number of aliphatic imine (C=N–C) groups is 1. The van der Waals surface area contributed by atoms with E-state index in [4.69, 9.17) is 32.7 Å². The Morgan fingerprint density at radius 1 is 0.613 bits per heavy atom. The first-order chi connectivity index (χ1) is 35.2. The molecule has 0 aliphatic carbocycles. The Hall–Kier alpha value is -6.72. The molecule has 8 aromatic rings. The van der Waals surface area contributed by atoms with Crippen LogP contribution in [0.15, 0.2) is 169 Å². The number of aromatic hydroxyl groups is 1. The summed E-state index contributed by atoms with van der Waals surface area (Å²) in [4.78, 5) is 16.4. The van der Waals surface area contributed by atoms with Crippen molar-refractivity contribution in [3.05, 3.63) is 166 Å². The van der Waals surface area contributed by atoms with Crippen LogP contribution in [0.25, 0.3) is 21.5 Å². The molecule has 75 heavy (non-hydrogen) atoms. The molecule has 0 fully saturated rings. The smallest absolute Gasteiger partial charge is 0.871 e. The largest absolute Gasteiger partial charge is 2.00 e. The molecule has 0 bridgehead atoms. The monoisotopic (exact) mass is 1120 g/mol. The van der Waals surface area contributed by atoms with Crippen molar-refractivity contribution in [2.75, 3.05) is 18.5 Å². The normalized spacial score (nSPS) is 11.9. The molecule has 0 atom stereocenters. The van der Waals surface area contributed by atoms with E-state index in [2.05, 4.69) is 30.8 Å². The molecular weight excluding hydrogens is 1080 g/mol. The van der Waals surface area contributed by atoms with Crippen LogP contribution in [0.5, 0.6) is 23.0 Å². The van der Waals surface area contributed by atoms with Gasteiger partial charge in [-0.2, -0.15) is 32.2 Å². The number of anilines is 1. The third kappa shape index (κ3) is 13.2. The van der Waals surface area contributed by atoms with Gasteiger partial charge in [0, 0.05) is 10.8 Å². The number of fused-ring (bicyclic) bond motifs is 2. The van der Waals surface area contributed by atoms with E-state index in [0.717, 1.165) is 12.1 Å². The van der Waals surface area contributed by atoms with Crippen LogP contribution in [0, 0.1) is 13.8 Å². The van der Waals surface area contributed by atoms with E-state index in [1.54, 1.807) is 110 Å². The van der Waals surface area contributed by atoms with Crippen LogP contribution in [-0.2, 0) is 20.2 Å². The van der Waals surface area contributed by atoms with Gasteiger partial charge >= 0.3 is 37.7 Å². The van der Waals surface area contributed by atoms with Crippen molar-refractivity contribution in [1.82, 2.24) is 0 Å². The van der Waals surface area contributed by atoms with Gasteiger partial charge in [0.2, 0.25) is 0 Å². The maximum atomic E-state index is 13.4. The summed E-state index contributed by atoms with van der Waals surface area (Å²) < 4.78 is 75.8. The Morgan fingerprint density at radius 3 is 1.61 bits per heavy atom. The number of carbonyl (C=O) groups excluding carboxylic acids is 1. The molecule has 23 heteroatoms. The summed E-state index contributed by atoms with van der Waals surface area (Å²) in [6, 6.07) is 35.4. The van der Waals surface area contributed by atoms with Crippen molar-refractivity contribution in [3.8, 4) is 23.0 Å². The second kappa shape index (κ2) is 24.7. The van der Waals surface area contributed by atoms with Crippen LogP contribution in [0.2, 0.25) is 10.0 Å². The Morgan fingerprint density at radius 2 is 1.07 bits per heavy atom. The maximum Gasteiger partial charge on any atom is 2.00 e. The molecule has 0 aromatic heterocycles. The number of azo groups is 2. The molecule has 0 radical (unpaired) electrons. The Kier molecular flexibility index (Phi) is 19.0. The zero-order chi connectivity index (χ0) is 53.5. The van der Waals surface area contributed by atoms with E-state index in [-0.39, 0.29) is 98.5 Å². The minimum absolute atomic E-state index is 0. The summed E-state index contributed by atoms with van der Waals surface area (Å²) in [7, 11) is -9.06. The molecule has 0 aliphatic heterocycles. The summed E-state index contributed by atoms with van der Waals surface area (Å²) in [5.74, 6) is -1.53. The number of phenols is 1. The number of rotatable bonds is 14. The number of nitrogens with zero attached hydrogens (tertiary/aromatic N) is 5. The van der Waals surface area contributed by atoms with Crippen molar-refractivity contribution in [2.24, 2.45) is 25.4 Å². The molecule has 8 rings (SSSR count). The first-order valence-corrected chi connectivity index (χ1v) is 25.7. The summed E-state index contributed by atoms with van der Waals surface area (Å²) in [5, 5.41) is 58.7. The van der Waals surface area contributed by atoms with Gasteiger partial charge in [0.25, 0.3) is 26.1 Å². The molecule has 18 nitrogen and oxygen atoms in total. The number of ether oxygens (including phenoxy) is 2. The Labute approximate surface area is 470 Å². The van der Waals surface area contributed by atoms with E-state index in [1.165, 1.54) is 32.0 Å². The van der Waals surface area contributed by atoms with E-state index in [1.807, 2.05) is 6.92 Å². The molecule has 0 saturated carbocycles. The molecule has 0 spiro atoms. The number of hydrogen-bond acceptors (Lipinski definition) is 15. The maximum absolute atomic E-state index is 13.4. The van der Waals surface area contributed by atoms with E-state index in [9.17, 15) is 46.1 Å². The molecular formula is C52H42CaCl2N6O12S2. The number of carbonyl (C=O) groups is 1. The molecule has 8 aromatic carbocycles. The van der Waals surface area contributed by atoms with Crippen molar-refractivity contribution in [3.63, 3.8) is 0 Å². The van der Waals surface area contributed by atoms with Crippen molar-refractivity contribution >= 4 is 149 Å². The second-order valence-electron chi connectivity index (χ2n) is 15.8. The molecule has 0 saturated heterocycles. The van der Waals surface area contributed by atoms with E-state index < -0.39 is 53.3 Å². The summed E-state index contributed by atoms with van der Waals surface area (Å²) in [6.45, 7) is 7.44. The fraction of sp³-hybridized carbons (Fsp3) is 0.115. The average Bonchev–Trinajstić information content (AvgIpc) is 3.36. The van der Waals surface area contributed by atoms with Gasteiger partial charge in [-0.25, -0.2) is 0 Å². The fourth-order valence-electron chi connectivity index (χ4n) is 7.32. The minimum atomic E-state index is -4.53. The molecule has 380 valence electrons. The van der Waals surface area contributed by atoms with Crippen LogP contribution in [0.3, 0.4) is 0 Å². The second-order valence-corrected chi connectivity index (χ2v) is 19.3. The zero-order valence-corrected chi connectivity index (χ0v) is 45.5. The Bertz CT molecular complexity index is 3830. The SMILES string of the molecule is CCOc1ccccc1N=C([O-])c1cc2ccccc2c(N=Nc2ccc(S(=O)(=O)O)c(Cl)c2C)c1[O-].CCOc1ccccc1NC(=O)c1cc2ccccc2c(N=Nc2ccc(S(=O)(=O)O)c(Cl)c2C)c1O.[Ca+2]. The van der Waals surface area contributed by atoms with Crippen molar-refractivity contribution in [1.29, 1.82) is 0 Å². The molecule has 0 unspecified atom stereocenters. The summed E-state index contributed by atoms with van der Waals surface area (Å²) >= 11 is 12.2. The molecule has 4 N–H and O–H groups in total. The van der Waals surface area contributed by atoms with Gasteiger partial charge in [0.05, 0.1) is 51.6 Å². The minimum Gasteiger partial charge on any atom is -0.871 e. The van der Waals surface area contributed by atoms with Gasteiger partial charge in [-0.3, -0.25) is 18.9 Å². The number of nitrogens with one attached hydrogen (secondary N) is 1. The zero-order valence-electron chi connectivity index (χ0n) is 40.1. The third-order valence-corrected chi connectivity index (χ3v) is 14.0. The quantitative estimate of drug-likeness (QED) is 0.0260. The van der Waals surface area contributed by atoms with E-state index in [0.29, 0.717) is 51.9 Å². The first kappa shape index (κ1) is 57.6. The van der Waals surface area contributed by atoms with Crippen LogP contribution >= 0.6 is 23.2 Å². The van der Waals surface area contributed by atoms with Gasteiger partial charge in [0.1, 0.15) is 32.7 Å². The number of amides is 1. The number of hydrogen-bond donors (Lipinski definition) is 4. The molecule has 0 aliphatic rings. The van der Waals surface area contributed by atoms with Gasteiger partial charge < -0.3 is 30.1 Å². The molecule has 1 amide bonds. The third-order valence-electron chi connectivity index (χ3n) is 11.0. The van der Waals surface area contributed by atoms with E-state index >= 15 is 0 Å². The van der Waals surface area contributed by atoms with Gasteiger partial charge in [-0.05, 0) is 122 Å². The first-order valence-electron chi connectivity index (χ1n) is 22.1. The van der Waals surface area contributed by atoms with Gasteiger partial charge in [-0.1, -0.05) is 102 Å². The number of benzene rings is 8. The number of phenolic OH excluding ortho intramolecular Hbond substituents is 1. The van der Waals surface area contributed by atoms with Gasteiger partial charge in [0.15, 0.2) is 5.75 Å². The van der Waals surface area contributed by atoms with Crippen LogP contribution in [0.4, 0.5) is 34.1 Å². The fourth-order valence-corrected chi connectivity index (χ4v) is 9.46.